The predicted octanol–water partition coefficient (Wildman–Crippen LogP) is -2.77. The van der Waals surface area contributed by atoms with Crippen molar-refractivity contribution < 1.29 is 43.8 Å². The zero-order valence-electron chi connectivity index (χ0n) is 20.2. The number of ether oxygens (including phenoxy) is 5. The number of aliphatic hydroxyl groups is 3. The third-order valence-corrected chi connectivity index (χ3v) is 5.41. The van der Waals surface area contributed by atoms with Crippen molar-refractivity contribution in [3.8, 4) is 11.4 Å². The molecule has 15 heteroatoms. The number of rotatable bonds is 14. The standard InChI is InChI=1S/C22H32N4O11/c1-13(28)23-17-19(30)18(29)16(12-27)37-20(17)36-11-9-34-7-6-33-8-10-35-15-4-2-14(3-5-15)26-21(31)24-25-22(26)32/h2-5,16-20,27,29-30H,6-12H2,1H3,(H,23,28)(H,24,31)(H,25,32)/t16?,17?,18-,19?,20+/m0/s1. The second kappa shape index (κ2) is 14.0. The SMILES string of the molecule is CC(=O)NC1C(O)[C@@H](O)C(CO)O[C@H]1OCCOCCOCCOc1ccc(-n2c(=O)[nH][nH]c2=O)cc1. The Morgan fingerprint density at radius 2 is 1.57 bits per heavy atom. The summed E-state index contributed by atoms with van der Waals surface area (Å²) in [5.74, 6) is 0.111. The average molecular weight is 529 g/mol. The number of aromatic amines is 2. The first-order chi connectivity index (χ1) is 17.8. The Morgan fingerprint density at radius 1 is 0.973 bits per heavy atom. The maximum atomic E-state index is 11.6. The van der Waals surface area contributed by atoms with E-state index in [1.807, 2.05) is 0 Å². The first-order valence-corrected chi connectivity index (χ1v) is 11.6. The van der Waals surface area contributed by atoms with Gasteiger partial charge in [-0.2, -0.15) is 0 Å². The Morgan fingerprint density at radius 3 is 2.16 bits per heavy atom. The largest absolute Gasteiger partial charge is 0.491 e. The molecule has 1 aromatic heterocycles. The number of aliphatic hydroxyl groups excluding tert-OH is 3. The Hall–Kier alpha value is -3.05. The molecule has 5 atom stereocenters. The molecule has 1 saturated heterocycles. The van der Waals surface area contributed by atoms with Gasteiger partial charge in [-0.25, -0.2) is 24.4 Å². The molecular formula is C22H32N4O11. The molecule has 2 heterocycles. The molecular weight excluding hydrogens is 496 g/mol. The molecule has 1 aliphatic heterocycles. The summed E-state index contributed by atoms with van der Waals surface area (Å²) in [6.07, 6.45) is -4.87. The van der Waals surface area contributed by atoms with Crippen LogP contribution in [0.25, 0.3) is 5.69 Å². The minimum Gasteiger partial charge on any atom is -0.491 e. The second-order valence-electron chi connectivity index (χ2n) is 8.07. The fourth-order valence-electron chi connectivity index (χ4n) is 3.61. The smallest absolute Gasteiger partial charge is 0.348 e. The van der Waals surface area contributed by atoms with Crippen LogP contribution in [-0.2, 0) is 23.7 Å². The molecule has 6 N–H and O–H groups in total. The molecule has 1 aromatic carbocycles. The van der Waals surface area contributed by atoms with Crippen molar-refractivity contribution in [3.05, 3.63) is 45.2 Å². The lowest BCUT2D eigenvalue weighted by molar-refractivity contribution is -0.272. The van der Waals surface area contributed by atoms with Crippen molar-refractivity contribution >= 4 is 5.91 Å². The molecule has 3 unspecified atom stereocenters. The lowest BCUT2D eigenvalue weighted by Gasteiger charge is -2.42. The van der Waals surface area contributed by atoms with Crippen LogP contribution in [0, 0.1) is 0 Å². The summed E-state index contributed by atoms with van der Waals surface area (Å²) in [7, 11) is 0. The van der Waals surface area contributed by atoms with E-state index < -0.39 is 54.5 Å². The first kappa shape index (κ1) is 28.5. The van der Waals surface area contributed by atoms with Crippen LogP contribution in [0.15, 0.2) is 33.9 Å². The molecule has 0 radical (unpaired) electrons. The molecule has 0 saturated carbocycles. The number of aromatic nitrogens is 3. The highest BCUT2D eigenvalue weighted by atomic mass is 16.7. The maximum absolute atomic E-state index is 11.6. The van der Waals surface area contributed by atoms with E-state index in [0.29, 0.717) is 24.7 Å². The highest BCUT2D eigenvalue weighted by Gasteiger charge is 2.45. The molecule has 1 amide bonds. The monoisotopic (exact) mass is 528 g/mol. The van der Waals surface area contributed by atoms with E-state index >= 15 is 0 Å². The fourth-order valence-corrected chi connectivity index (χ4v) is 3.61. The molecule has 0 aliphatic carbocycles. The van der Waals surface area contributed by atoms with Gasteiger partial charge >= 0.3 is 11.4 Å². The van der Waals surface area contributed by atoms with Gasteiger partial charge in [-0.3, -0.25) is 4.79 Å². The summed E-state index contributed by atoms with van der Waals surface area (Å²) in [5, 5.41) is 36.4. The topological polar surface area (TPSA) is 207 Å². The third-order valence-electron chi connectivity index (χ3n) is 5.41. The number of amides is 1. The van der Waals surface area contributed by atoms with Crippen LogP contribution in [-0.4, -0.2) is 113 Å². The molecule has 0 bridgehead atoms. The van der Waals surface area contributed by atoms with Crippen LogP contribution >= 0.6 is 0 Å². The lowest BCUT2D eigenvalue weighted by Crippen LogP contribution is -2.64. The van der Waals surface area contributed by atoms with Crippen LogP contribution in [0.4, 0.5) is 0 Å². The van der Waals surface area contributed by atoms with Gasteiger partial charge in [0.15, 0.2) is 6.29 Å². The number of hydrogen-bond acceptors (Lipinski definition) is 11. The van der Waals surface area contributed by atoms with Gasteiger partial charge in [-0.05, 0) is 24.3 Å². The van der Waals surface area contributed by atoms with E-state index in [2.05, 4.69) is 15.5 Å². The van der Waals surface area contributed by atoms with E-state index in [0.717, 1.165) is 4.57 Å². The number of benzene rings is 1. The predicted molar refractivity (Wildman–Crippen MR) is 125 cm³/mol. The summed E-state index contributed by atoms with van der Waals surface area (Å²) in [6, 6.07) is 5.42. The fraction of sp³-hybridized carbons (Fsp3) is 0.591. The van der Waals surface area contributed by atoms with Crippen molar-refractivity contribution in [2.75, 3.05) is 46.2 Å². The number of carbonyl (C=O) groups excluding carboxylic acids is 1. The molecule has 3 rings (SSSR count). The van der Waals surface area contributed by atoms with Crippen LogP contribution in [0.3, 0.4) is 0 Å². The summed E-state index contributed by atoms with van der Waals surface area (Å²) in [5.41, 5.74) is -0.724. The van der Waals surface area contributed by atoms with E-state index in [1.54, 1.807) is 24.3 Å². The van der Waals surface area contributed by atoms with Gasteiger partial charge in [-0.15, -0.1) is 0 Å². The Kier molecular flexibility index (Phi) is 10.8. The Balaban J connectivity index is 1.27. The third kappa shape index (κ3) is 7.96. The summed E-state index contributed by atoms with van der Waals surface area (Å²) < 4.78 is 28.4. The Labute approximate surface area is 210 Å². The van der Waals surface area contributed by atoms with Gasteiger partial charge in [0.05, 0.1) is 45.3 Å². The van der Waals surface area contributed by atoms with Gasteiger partial charge in [0.2, 0.25) is 5.91 Å². The van der Waals surface area contributed by atoms with Crippen LogP contribution in [0.5, 0.6) is 5.75 Å². The summed E-state index contributed by atoms with van der Waals surface area (Å²) >= 11 is 0. The van der Waals surface area contributed by atoms with Crippen molar-refractivity contribution in [2.24, 2.45) is 0 Å². The number of nitrogens with zero attached hydrogens (tertiary/aromatic N) is 1. The molecule has 1 fully saturated rings. The van der Waals surface area contributed by atoms with Crippen molar-refractivity contribution in [3.63, 3.8) is 0 Å². The normalized spacial score (nSPS) is 23.6. The molecule has 15 nitrogen and oxygen atoms in total. The molecule has 0 spiro atoms. The van der Waals surface area contributed by atoms with Crippen molar-refractivity contribution in [2.45, 2.75) is 37.6 Å². The van der Waals surface area contributed by atoms with E-state index in [-0.39, 0.29) is 26.4 Å². The van der Waals surface area contributed by atoms with Crippen LogP contribution < -0.4 is 21.4 Å². The Bertz CT molecular complexity index is 1060. The van der Waals surface area contributed by atoms with E-state index in [9.17, 15) is 29.7 Å². The first-order valence-electron chi connectivity index (χ1n) is 11.6. The van der Waals surface area contributed by atoms with E-state index in [1.165, 1.54) is 6.92 Å². The summed E-state index contributed by atoms with van der Waals surface area (Å²) in [6.45, 7) is 2.13. The van der Waals surface area contributed by atoms with Gasteiger partial charge in [0.1, 0.15) is 36.7 Å². The molecule has 206 valence electrons. The van der Waals surface area contributed by atoms with Gasteiger partial charge in [0.25, 0.3) is 0 Å². The maximum Gasteiger partial charge on any atom is 0.348 e. The minimum atomic E-state index is -1.38. The minimum absolute atomic E-state index is 0.0710. The molecule has 1 aliphatic rings. The number of nitrogens with one attached hydrogen (secondary N) is 3. The van der Waals surface area contributed by atoms with Gasteiger partial charge in [-0.1, -0.05) is 0 Å². The molecule has 2 aromatic rings. The van der Waals surface area contributed by atoms with Gasteiger partial charge < -0.3 is 44.3 Å². The average Bonchev–Trinajstić information content (AvgIpc) is 3.22. The molecule has 37 heavy (non-hydrogen) atoms. The zero-order valence-corrected chi connectivity index (χ0v) is 20.2. The number of carbonyl (C=O) groups is 1. The zero-order chi connectivity index (χ0) is 26.8. The van der Waals surface area contributed by atoms with Crippen molar-refractivity contribution in [1.29, 1.82) is 0 Å². The van der Waals surface area contributed by atoms with E-state index in [4.69, 9.17) is 23.7 Å². The highest BCUT2D eigenvalue weighted by Crippen LogP contribution is 2.22. The highest BCUT2D eigenvalue weighted by molar-refractivity contribution is 5.73. The van der Waals surface area contributed by atoms with Crippen molar-refractivity contribution in [1.82, 2.24) is 20.1 Å². The second-order valence-corrected chi connectivity index (χ2v) is 8.07. The number of H-pyrrole nitrogens is 2. The van der Waals surface area contributed by atoms with Crippen LogP contribution in [0.1, 0.15) is 6.92 Å². The summed E-state index contributed by atoms with van der Waals surface area (Å²) in [4.78, 5) is 34.6. The van der Waals surface area contributed by atoms with Crippen LogP contribution in [0.2, 0.25) is 0 Å². The quantitative estimate of drug-likeness (QED) is 0.138. The lowest BCUT2D eigenvalue weighted by atomic mass is 9.97. The number of hydrogen-bond donors (Lipinski definition) is 6. The van der Waals surface area contributed by atoms with Gasteiger partial charge in [0, 0.05) is 6.92 Å².